The number of cyclic esters (lactones) is 1. The summed E-state index contributed by atoms with van der Waals surface area (Å²) in [6.07, 6.45) is 1.90. The molecule has 1 atom stereocenters. The molecular weight excluding hydrogens is 348 g/mol. The highest BCUT2D eigenvalue weighted by atomic mass is 16.6. The van der Waals surface area contributed by atoms with E-state index in [9.17, 15) is 14.4 Å². The van der Waals surface area contributed by atoms with Crippen LogP contribution < -0.4 is 0 Å². The van der Waals surface area contributed by atoms with E-state index in [1.165, 1.54) is 6.08 Å². The molecule has 1 heterocycles. The number of carbonyl (C=O) groups excluding carboxylic acids is 3. The van der Waals surface area contributed by atoms with Gasteiger partial charge in [-0.3, -0.25) is 4.79 Å². The van der Waals surface area contributed by atoms with E-state index in [1.54, 1.807) is 12.1 Å². The first-order chi connectivity index (χ1) is 13.1. The van der Waals surface area contributed by atoms with E-state index in [2.05, 4.69) is 0 Å². The van der Waals surface area contributed by atoms with Gasteiger partial charge in [-0.15, -0.1) is 0 Å². The second-order valence-corrected chi connectivity index (χ2v) is 6.03. The van der Waals surface area contributed by atoms with E-state index in [0.29, 0.717) is 0 Å². The Hall–Kier alpha value is -3.41. The highest BCUT2D eigenvalue weighted by Gasteiger charge is 2.47. The van der Waals surface area contributed by atoms with Gasteiger partial charge in [-0.25, -0.2) is 9.59 Å². The molecule has 0 unspecified atom stereocenters. The van der Waals surface area contributed by atoms with Crippen molar-refractivity contribution in [2.45, 2.75) is 25.2 Å². The number of hydrogen-bond donors (Lipinski definition) is 0. The van der Waals surface area contributed by atoms with Crippen molar-refractivity contribution in [3.05, 3.63) is 83.9 Å². The maximum atomic E-state index is 12.5. The zero-order valence-electron chi connectivity index (χ0n) is 14.5. The van der Waals surface area contributed by atoms with Crippen molar-refractivity contribution in [3.8, 4) is 0 Å². The van der Waals surface area contributed by atoms with Crippen LogP contribution in [0.1, 0.15) is 17.5 Å². The highest BCUT2D eigenvalue weighted by Crippen LogP contribution is 2.27. The van der Waals surface area contributed by atoms with Crippen LogP contribution in [0, 0.1) is 0 Å². The second-order valence-electron chi connectivity index (χ2n) is 6.03. The molecule has 1 aliphatic rings. The summed E-state index contributed by atoms with van der Waals surface area (Å²) in [6, 6.07) is 18.2. The van der Waals surface area contributed by atoms with Crippen LogP contribution in [0.15, 0.2) is 72.8 Å². The van der Waals surface area contributed by atoms with E-state index in [-0.39, 0.29) is 13.2 Å². The molecule has 2 aromatic carbocycles. The number of rotatable bonds is 7. The Morgan fingerprint density at radius 2 is 1.41 bits per heavy atom. The smallest absolute Gasteiger partial charge is 0.355 e. The van der Waals surface area contributed by atoms with Crippen molar-refractivity contribution in [2.24, 2.45) is 0 Å². The summed E-state index contributed by atoms with van der Waals surface area (Å²) in [5.41, 5.74) is -0.203. The summed E-state index contributed by atoms with van der Waals surface area (Å²) in [5.74, 6) is -2.19. The first kappa shape index (κ1) is 18.4. The van der Waals surface area contributed by atoms with Gasteiger partial charge in [0, 0.05) is 6.08 Å². The normalized spacial score (nSPS) is 18.0. The van der Waals surface area contributed by atoms with Crippen molar-refractivity contribution < 1.29 is 28.6 Å². The summed E-state index contributed by atoms with van der Waals surface area (Å²) >= 11 is 0. The van der Waals surface area contributed by atoms with E-state index in [0.717, 1.165) is 17.2 Å². The van der Waals surface area contributed by atoms with Crippen molar-refractivity contribution in [1.82, 2.24) is 0 Å². The molecule has 27 heavy (non-hydrogen) atoms. The monoisotopic (exact) mass is 366 g/mol. The SMILES string of the molecule is O=C1C=C[C@](CC(=O)OCc2ccccc2)(C(=O)OCc2ccccc2)O1. The predicted molar refractivity (Wildman–Crippen MR) is 95.1 cm³/mol. The first-order valence-corrected chi connectivity index (χ1v) is 8.40. The Kier molecular flexibility index (Phi) is 5.66. The number of benzene rings is 2. The molecule has 0 aromatic heterocycles. The van der Waals surface area contributed by atoms with Crippen LogP contribution in [0.4, 0.5) is 0 Å². The molecule has 0 amide bonds. The Morgan fingerprint density at radius 1 is 0.852 bits per heavy atom. The Labute approximate surface area is 156 Å². The van der Waals surface area contributed by atoms with Crippen LogP contribution in [0.2, 0.25) is 0 Å². The molecule has 138 valence electrons. The largest absolute Gasteiger partial charge is 0.461 e. The Balaban J connectivity index is 1.62. The third kappa shape index (κ3) is 4.82. The van der Waals surface area contributed by atoms with Gasteiger partial charge in [0.2, 0.25) is 5.60 Å². The van der Waals surface area contributed by atoms with Crippen molar-refractivity contribution in [2.75, 3.05) is 0 Å². The Morgan fingerprint density at radius 3 is 1.93 bits per heavy atom. The maximum Gasteiger partial charge on any atom is 0.355 e. The van der Waals surface area contributed by atoms with Gasteiger partial charge in [0.05, 0.1) is 0 Å². The van der Waals surface area contributed by atoms with Gasteiger partial charge in [-0.1, -0.05) is 60.7 Å². The van der Waals surface area contributed by atoms with Gasteiger partial charge < -0.3 is 14.2 Å². The third-order valence-corrected chi connectivity index (χ3v) is 3.98. The fourth-order valence-electron chi connectivity index (χ4n) is 2.58. The summed E-state index contributed by atoms with van der Waals surface area (Å²) < 4.78 is 15.5. The molecule has 0 saturated heterocycles. The molecule has 0 N–H and O–H groups in total. The fourth-order valence-corrected chi connectivity index (χ4v) is 2.58. The van der Waals surface area contributed by atoms with Crippen LogP contribution in [-0.4, -0.2) is 23.5 Å². The highest BCUT2D eigenvalue weighted by molar-refractivity contribution is 5.97. The third-order valence-electron chi connectivity index (χ3n) is 3.98. The number of ether oxygens (including phenoxy) is 3. The predicted octanol–water partition coefficient (Wildman–Crippen LogP) is 2.72. The molecule has 6 nitrogen and oxygen atoms in total. The van der Waals surface area contributed by atoms with Crippen molar-refractivity contribution in [3.63, 3.8) is 0 Å². The Bertz CT molecular complexity index is 843. The molecule has 1 aliphatic heterocycles. The van der Waals surface area contributed by atoms with Crippen molar-refractivity contribution >= 4 is 17.9 Å². The van der Waals surface area contributed by atoms with Crippen molar-refractivity contribution in [1.29, 1.82) is 0 Å². The lowest BCUT2D eigenvalue weighted by Gasteiger charge is -2.23. The topological polar surface area (TPSA) is 78.9 Å². The van der Waals surface area contributed by atoms with E-state index in [1.807, 2.05) is 48.5 Å². The molecule has 3 rings (SSSR count). The fraction of sp³-hybridized carbons (Fsp3) is 0.190. The standard InChI is InChI=1S/C21H18O6/c22-18-11-12-21(27-18,20(24)26-15-17-9-5-2-6-10-17)13-19(23)25-14-16-7-3-1-4-8-16/h1-12H,13-15H2/t21-/m0/s1. The van der Waals surface area contributed by atoms with Gasteiger partial charge in [-0.05, 0) is 17.2 Å². The van der Waals surface area contributed by atoms with E-state index >= 15 is 0 Å². The van der Waals surface area contributed by atoms with Crippen LogP contribution >= 0.6 is 0 Å². The summed E-state index contributed by atoms with van der Waals surface area (Å²) in [7, 11) is 0. The number of carbonyl (C=O) groups is 3. The molecule has 0 bridgehead atoms. The summed E-state index contributed by atoms with van der Waals surface area (Å²) in [4.78, 5) is 36.3. The van der Waals surface area contributed by atoms with Gasteiger partial charge >= 0.3 is 17.9 Å². The molecule has 0 saturated carbocycles. The molecular formula is C21H18O6. The van der Waals surface area contributed by atoms with E-state index < -0.39 is 29.9 Å². The molecule has 0 spiro atoms. The number of hydrogen-bond acceptors (Lipinski definition) is 6. The summed E-state index contributed by atoms with van der Waals surface area (Å²) in [5, 5.41) is 0. The van der Waals surface area contributed by atoms with Crippen LogP contribution in [0.5, 0.6) is 0 Å². The lowest BCUT2D eigenvalue weighted by atomic mass is 10.0. The summed E-state index contributed by atoms with van der Waals surface area (Å²) in [6.45, 7) is 0.0678. The van der Waals surface area contributed by atoms with Gasteiger partial charge in [-0.2, -0.15) is 0 Å². The molecule has 0 radical (unpaired) electrons. The minimum atomic E-state index is -1.79. The minimum absolute atomic E-state index is 0.00583. The average Bonchev–Trinajstić information content (AvgIpc) is 3.07. The first-order valence-electron chi connectivity index (χ1n) is 8.40. The van der Waals surface area contributed by atoms with Gasteiger partial charge in [0.1, 0.15) is 19.6 Å². The van der Waals surface area contributed by atoms with Crippen LogP contribution in [0.3, 0.4) is 0 Å². The van der Waals surface area contributed by atoms with Crippen LogP contribution in [-0.2, 0) is 41.8 Å². The molecule has 2 aromatic rings. The zero-order valence-corrected chi connectivity index (χ0v) is 14.5. The minimum Gasteiger partial charge on any atom is -0.461 e. The molecule has 0 fully saturated rings. The maximum absolute atomic E-state index is 12.5. The quantitative estimate of drug-likeness (QED) is 0.554. The lowest BCUT2D eigenvalue weighted by Crippen LogP contribution is -2.42. The second kappa shape index (κ2) is 8.31. The van der Waals surface area contributed by atoms with E-state index in [4.69, 9.17) is 14.2 Å². The zero-order chi connectivity index (χ0) is 19.1. The molecule has 0 aliphatic carbocycles. The lowest BCUT2D eigenvalue weighted by molar-refractivity contribution is -0.177. The van der Waals surface area contributed by atoms with Gasteiger partial charge in [0.15, 0.2) is 0 Å². The average molecular weight is 366 g/mol. The molecule has 6 heteroatoms. The van der Waals surface area contributed by atoms with Crippen LogP contribution in [0.25, 0.3) is 0 Å². The van der Waals surface area contributed by atoms with Gasteiger partial charge in [0.25, 0.3) is 0 Å². The number of esters is 3.